The smallest absolute Gasteiger partial charge is 0.193 e. The molecule has 0 bridgehead atoms. The van der Waals surface area contributed by atoms with E-state index in [1.807, 2.05) is 32.0 Å². The van der Waals surface area contributed by atoms with E-state index in [2.05, 4.69) is 0 Å². The molecule has 0 aliphatic heterocycles. The van der Waals surface area contributed by atoms with Crippen molar-refractivity contribution in [3.63, 3.8) is 0 Å². The van der Waals surface area contributed by atoms with Gasteiger partial charge in [0.15, 0.2) is 5.78 Å². The van der Waals surface area contributed by atoms with Gasteiger partial charge in [-0.05, 0) is 45.0 Å². The number of aliphatic hydroxyl groups excluding tert-OH is 1. The molecule has 2 rings (SSSR count). The van der Waals surface area contributed by atoms with Crippen LogP contribution in [-0.4, -0.2) is 22.6 Å². The molecule has 0 saturated carbocycles. The highest BCUT2D eigenvalue weighted by molar-refractivity contribution is 6.08. The molecule has 3 heteroatoms. The number of rotatable bonds is 5. The van der Waals surface area contributed by atoms with Crippen LogP contribution in [-0.2, 0) is 0 Å². The van der Waals surface area contributed by atoms with Crippen LogP contribution >= 0.6 is 0 Å². The predicted molar refractivity (Wildman–Crippen MR) is 82.7 cm³/mol. The highest BCUT2D eigenvalue weighted by Crippen LogP contribution is 2.22. The van der Waals surface area contributed by atoms with Crippen LogP contribution in [0.15, 0.2) is 54.6 Å². The van der Waals surface area contributed by atoms with Crippen LogP contribution in [0.4, 0.5) is 0 Å². The van der Waals surface area contributed by atoms with E-state index < -0.39 is 11.7 Å². The molecule has 0 heterocycles. The first kappa shape index (κ1) is 15.3. The Morgan fingerprint density at radius 2 is 1.52 bits per heavy atom. The fourth-order valence-corrected chi connectivity index (χ4v) is 1.82. The largest absolute Gasteiger partial charge is 0.485 e. The number of hydrogen-bond donors (Lipinski definition) is 1. The molecule has 2 aromatic carbocycles. The quantitative estimate of drug-likeness (QED) is 0.855. The molecule has 1 N–H and O–H groups in total. The molecule has 1 unspecified atom stereocenters. The van der Waals surface area contributed by atoms with Gasteiger partial charge in [0.1, 0.15) is 11.4 Å². The van der Waals surface area contributed by atoms with Crippen LogP contribution in [0.25, 0.3) is 0 Å². The molecule has 2 aromatic rings. The molecule has 0 aliphatic carbocycles. The van der Waals surface area contributed by atoms with Crippen LogP contribution in [0.3, 0.4) is 0 Å². The van der Waals surface area contributed by atoms with Crippen molar-refractivity contribution < 1.29 is 14.6 Å². The molecule has 0 spiro atoms. The molecule has 0 aromatic heterocycles. The number of ketones is 1. The lowest BCUT2D eigenvalue weighted by Gasteiger charge is -2.29. The van der Waals surface area contributed by atoms with E-state index in [1.54, 1.807) is 43.3 Å². The Bertz CT molecular complexity index is 598. The molecule has 3 nitrogen and oxygen atoms in total. The number of aliphatic hydroxyl groups is 1. The molecule has 110 valence electrons. The van der Waals surface area contributed by atoms with E-state index in [0.29, 0.717) is 16.9 Å². The van der Waals surface area contributed by atoms with Crippen molar-refractivity contribution in [2.75, 3.05) is 0 Å². The molecular weight excluding hydrogens is 264 g/mol. The van der Waals surface area contributed by atoms with Crippen molar-refractivity contribution in [2.24, 2.45) is 0 Å². The van der Waals surface area contributed by atoms with Gasteiger partial charge in [0.2, 0.25) is 0 Å². The zero-order valence-electron chi connectivity index (χ0n) is 12.5. The fourth-order valence-electron chi connectivity index (χ4n) is 1.82. The van der Waals surface area contributed by atoms with Gasteiger partial charge < -0.3 is 9.84 Å². The van der Waals surface area contributed by atoms with E-state index >= 15 is 0 Å². The SMILES string of the molecule is CC(O)C(C)(C)Oc1ccc(C(=O)c2ccccc2)cc1. The third-order valence-corrected chi connectivity index (χ3v) is 3.54. The van der Waals surface area contributed by atoms with Crippen LogP contribution in [0.5, 0.6) is 5.75 Å². The summed E-state index contributed by atoms with van der Waals surface area (Å²) in [5, 5.41) is 9.65. The van der Waals surface area contributed by atoms with Crippen molar-refractivity contribution in [3.05, 3.63) is 65.7 Å². The summed E-state index contributed by atoms with van der Waals surface area (Å²) in [5.41, 5.74) is 0.601. The molecule has 0 fully saturated rings. The second-order valence-electron chi connectivity index (χ2n) is 5.60. The van der Waals surface area contributed by atoms with E-state index in [4.69, 9.17) is 4.74 Å². The lowest BCUT2D eigenvalue weighted by atomic mass is 10.0. The van der Waals surface area contributed by atoms with Crippen molar-refractivity contribution in [1.82, 2.24) is 0 Å². The van der Waals surface area contributed by atoms with Gasteiger partial charge >= 0.3 is 0 Å². The van der Waals surface area contributed by atoms with Gasteiger partial charge in [0, 0.05) is 11.1 Å². The summed E-state index contributed by atoms with van der Waals surface area (Å²) < 4.78 is 5.74. The highest BCUT2D eigenvalue weighted by atomic mass is 16.5. The monoisotopic (exact) mass is 284 g/mol. The number of ether oxygens (including phenoxy) is 1. The van der Waals surface area contributed by atoms with Gasteiger partial charge in [-0.2, -0.15) is 0 Å². The average molecular weight is 284 g/mol. The molecule has 0 radical (unpaired) electrons. The summed E-state index contributed by atoms with van der Waals surface area (Å²) in [4.78, 5) is 12.3. The van der Waals surface area contributed by atoms with Crippen molar-refractivity contribution in [1.29, 1.82) is 0 Å². The first-order chi connectivity index (χ1) is 9.90. The minimum absolute atomic E-state index is 0.0167. The lowest BCUT2D eigenvalue weighted by molar-refractivity contribution is -0.0176. The maximum Gasteiger partial charge on any atom is 0.193 e. The Morgan fingerprint density at radius 3 is 2.05 bits per heavy atom. The Balaban J connectivity index is 2.14. The molecule has 0 saturated heterocycles. The second-order valence-corrected chi connectivity index (χ2v) is 5.60. The van der Waals surface area contributed by atoms with Crippen LogP contribution in [0.1, 0.15) is 36.7 Å². The van der Waals surface area contributed by atoms with E-state index in [1.165, 1.54) is 0 Å². The highest BCUT2D eigenvalue weighted by Gasteiger charge is 2.26. The topological polar surface area (TPSA) is 46.5 Å². The normalized spacial score (nSPS) is 12.8. The molecular formula is C18H20O3. The Kier molecular flexibility index (Phi) is 4.43. The van der Waals surface area contributed by atoms with Crippen LogP contribution < -0.4 is 4.74 Å². The lowest BCUT2D eigenvalue weighted by Crippen LogP contribution is -2.39. The maximum absolute atomic E-state index is 12.3. The third kappa shape index (κ3) is 3.70. The standard InChI is InChI=1S/C18H20O3/c1-13(19)18(2,3)21-16-11-9-15(10-12-16)17(20)14-7-5-4-6-8-14/h4-13,19H,1-3H3. The van der Waals surface area contributed by atoms with Gasteiger partial charge in [0.05, 0.1) is 6.10 Å². The van der Waals surface area contributed by atoms with E-state index in [-0.39, 0.29) is 5.78 Å². The van der Waals surface area contributed by atoms with Gasteiger partial charge in [0.25, 0.3) is 0 Å². The Labute approximate surface area is 125 Å². The number of hydrogen-bond acceptors (Lipinski definition) is 3. The predicted octanol–water partition coefficient (Wildman–Crippen LogP) is 3.46. The Morgan fingerprint density at radius 1 is 1.00 bits per heavy atom. The van der Waals surface area contributed by atoms with Gasteiger partial charge in [-0.15, -0.1) is 0 Å². The third-order valence-electron chi connectivity index (χ3n) is 3.54. The number of benzene rings is 2. The van der Waals surface area contributed by atoms with Gasteiger partial charge in [-0.1, -0.05) is 30.3 Å². The Hall–Kier alpha value is -2.13. The van der Waals surface area contributed by atoms with Gasteiger partial charge in [-0.25, -0.2) is 0 Å². The zero-order valence-corrected chi connectivity index (χ0v) is 12.5. The zero-order chi connectivity index (χ0) is 15.5. The molecule has 1 atom stereocenters. The average Bonchev–Trinajstić information content (AvgIpc) is 2.48. The summed E-state index contributed by atoms with van der Waals surface area (Å²) in [6, 6.07) is 16.1. The summed E-state index contributed by atoms with van der Waals surface area (Å²) in [6.07, 6.45) is -0.594. The second kappa shape index (κ2) is 6.10. The number of carbonyl (C=O) groups excluding carboxylic acids is 1. The maximum atomic E-state index is 12.3. The summed E-state index contributed by atoms with van der Waals surface area (Å²) >= 11 is 0. The first-order valence-electron chi connectivity index (χ1n) is 6.97. The van der Waals surface area contributed by atoms with Crippen molar-refractivity contribution >= 4 is 5.78 Å². The first-order valence-corrected chi connectivity index (χ1v) is 6.97. The van der Waals surface area contributed by atoms with Crippen LogP contribution in [0.2, 0.25) is 0 Å². The van der Waals surface area contributed by atoms with E-state index in [9.17, 15) is 9.90 Å². The molecule has 0 amide bonds. The van der Waals surface area contributed by atoms with Gasteiger partial charge in [-0.3, -0.25) is 4.79 Å². The van der Waals surface area contributed by atoms with Crippen LogP contribution in [0, 0.1) is 0 Å². The fraction of sp³-hybridized carbons (Fsp3) is 0.278. The van der Waals surface area contributed by atoms with E-state index in [0.717, 1.165) is 0 Å². The minimum atomic E-state index is -0.676. The summed E-state index contributed by atoms with van der Waals surface area (Å²) in [5.74, 6) is 0.613. The minimum Gasteiger partial charge on any atom is -0.485 e. The summed E-state index contributed by atoms with van der Waals surface area (Å²) in [6.45, 7) is 5.33. The summed E-state index contributed by atoms with van der Waals surface area (Å²) in [7, 11) is 0. The van der Waals surface area contributed by atoms with Crippen molar-refractivity contribution in [3.8, 4) is 5.75 Å². The molecule has 21 heavy (non-hydrogen) atoms. The molecule has 0 aliphatic rings. The van der Waals surface area contributed by atoms with Crippen molar-refractivity contribution in [2.45, 2.75) is 32.5 Å². The number of carbonyl (C=O) groups is 1.